The minimum atomic E-state index is -0.144. The first kappa shape index (κ1) is 17.2. The number of amidine groups is 1. The normalized spacial score (nSPS) is 19.2. The van der Waals surface area contributed by atoms with Crippen molar-refractivity contribution in [1.82, 2.24) is 4.90 Å². The highest BCUT2D eigenvalue weighted by Gasteiger charge is 2.28. The quantitative estimate of drug-likeness (QED) is 0.730. The first-order valence-electron chi connectivity index (χ1n) is 8.52. The Morgan fingerprint density at radius 3 is 2.27 bits per heavy atom. The molecule has 0 unspecified atom stereocenters. The number of amides is 1. The molecule has 1 amide bonds. The lowest BCUT2D eigenvalue weighted by Crippen LogP contribution is -2.47. The number of aliphatic imine (C=N–C) groups is 1. The third-order valence-electron chi connectivity index (χ3n) is 4.45. The van der Waals surface area contributed by atoms with Gasteiger partial charge in [0, 0.05) is 36.9 Å². The maximum atomic E-state index is 12.2. The van der Waals surface area contributed by atoms with Gasteiger partial charge in [-0.2, -0.15) is 4.99 Å². The lowest BCUT2D eigenvalue weighted by molar-refractivity contribution is -0.113. The third kappa shape index (κ3) is 3.79. The van der Waals surface area contributed by atoms with E-state index in [9.17, 15) is 4.79 Å². The van der Waals surface area contributed by atoms with Crippen molar-refractivity contribution in [2.75, 3.05) is 31.1 Å². The number of carbonyl (C=O) groups is 1. The number of hydrogen-bond acceptors (Lipinski definition) is 4. The predicted molar refractivity (Wildman–Crippen MR) is 110 cm³/mol. The summed E-state index contributed by atoms with van der Waals surface area (Å²) < 4.78 is 0. The second kappa shape index (κ2) is 7.56. The van der Waals surface area contributed by atoms with Crippen molar-refractivity contribution in [3.05, 3.63) is 70.1 Å². The molecule has 0 spiro atoms. The molecule has 132 valence electrons. The van der Waals surface area contributed by atoms with Crippen molar-refractivity contribution < 1.29 is 4.79 Å². The zero-order valence-electron chi connectivity index (χ0n) is 14.1. The van der Waals surface area contributed by atoms with Gasteiger partial charge in [0.2, 0.25) is 0 Å². The van der Waals surface area contributed by atoms with Crippen LogP contribution in [0.3, 0.4) is 0 Å². The molecule has 0 atom stereocenters. The lowest BCUT2D eigenvalue weighted by Gasteiger charge is -2.36. The summed E-state index contributed by atoms with van der Waals surface area (Å²) in [6, 6.07) is 17.8. The van der Waals surface area contributed by atoms with Crippen molar-refractivity contribution in [3.8, 4) is 0 Å². The molecule has 0 N–H and O–H groups in total. The molecule has 0 aliphatic carbocycles. The number of piperazine rings is 1. The minimum Gasteiger partial charge on any atom is -0.368 e. The molecule has 0 saturated carbocycles. The molecule has 1 fully saturated rings. The van der Waals surface area contributed by atoms with E-state index in [1.54, 1.807) is 0 Å². The first-order chi connectivity index (χ1) is 12.7. The molecule has 1 saturated heterocycles. The fraction of sp³-hybridized carbons (Fsp3) is 0.200. The van der Waals surface area contributed by atoms with Gasteiger partial charge in [-0.25, -0.2) is 0 Å². The number of carbonyl (C=O) groups excluding carboxylic acids is 1. The molecular formula is C20H18ClN3OS. The maximum Gasteiger partial charge on any atom is 0.286 e. The molecule has 4 nitrogen and oxygen atoms in total. The van der Waals surface area contributed by atoms with E-state index in [1.807, 2.05) is 60.7 Å². The van der Waals surface area contributed by atoms with Crippen LogP contribution in [-0.2, 0) is 4.79 Å². The standard InChI is InChI=1S/C20H18ClN3OS/c21-16-6-8-17(9-7-16)23-10-12-24(13-11-23)20-22-19(25)18(26-20)14-15-4-2-1-3-5-15/h1-9,14H,10-13H2/b18-14+. The van der Waals surface area contributed by atoms with Crippen LogP contribution in [0, 0.1) is 0 Å². The Morgan fingerprint density at radius 2 is 1.58 bits per heavy atom. The molecule has 2 heterocycles. The summed E-state index contributed by atoms with van der Waals surface area (Å²) in [6.07, 6.45) is 1.91. The summed E-state index contributed by atoms with van der Waals surface area (Å²) in [4.78, 5) is 21.7. The highest BCUT2D eigenvalue weighted by Crippen LogP contribution is 2.31. The molecule has 26 heavy (non-hydrogen) atoms. The number of halogens is 1. The van der Waals surface area contributed by atoms with Crippen molar-refractivity contribution in [3.63, 3.8) is 0 Å². The van der Waals surface area contributed by atoms with Gasteiger partial charge in [-0.3, -0.25) is 4.79 Å². The van der Waals surface area contributed by atoms with Crippen LogP contribution < -0.4 is 4.90 Å². The summed E-state index contributed by atoms with van der Waals surface area (Å²) in [5.74, 6) is -0.144. The van der Waals surface area contributed by atoms with Crippen molar-refractivity contribution in [2.24, 2.45) is 4.99 Å². The van der Waals surface area contributed by atoms with Crippen LogP contribution in [0.1, 0.15) is 5.56 Å². The van der Waals surface area contributed by atoms with Gasteiger partial charge in [0.15, 0.2) is 5.17 Å². The van der Waals surface area contributed by atoms with Crippen LogP contribution in [-0.4, -0.2) is 42.2 Å². The van der Waals surface area contributed by atoms with Crippen molar-refractivity contribution in [1.29, 1.82) is 0 Å². The predicted octanol–water partition coefficient (Wildman–Crippen LogP) is 4.13. The monoisotopic (exact) mass is 383 g/mol. The molecule has 0 radical (unpaired) electrons. The Labute approximate surface area is 162 Å². The van der Waals surface area contributed by atoms with E-state index in [4.69, 9.17) is 11.6 Å². The third-order valence-corrected chi connectivity index (χ3v) is 5.74. The Balaban J connectivity index is 1.39. The molecule has 2 aliphatic rings. The fourth-order valence-corrected chi connectivity index (χ4v) is 4.13. The van der Waals surface area contributed by atoms with E-state index in [2.05, 4.69) is 14.8 Å². The fourth-order valence-electron chi connectivity index (χ4n) is 3.04. The number of rotatable bonds is 2. The summed E-state index contributed by atoms with van der Waals surface area (Å²) in [5.41, 5.74) is 2.20. The van der Waals surface area contributed by atoms with Crippen LogP contribution in [0.15, 0.2) is 64.5 Å². The molecule has 0 aromatic heterocycles. The first-order valence-corrected chi connectivity index (χ1v) is 9.71. The number of nitrogens with zero attached hydrogens (tertiary/aromatic N) is 3. The van der Waals surface area contributed by atoms with Gasteiger partial charge in [-0.15, -0.1) is 0 Å². The average Bonchev–Trinajstić information content (AvgIpc) is 3.04. The smallest absolute Gasteiger partial charge is 0.286 e. The highest BCUT2D eigenvalue weighted by molar-refractivity contribution is 8.18. The number of benzene rings is 2. The summed E-state index contributed by atoms with van der Waals surface area (Å²) >= 11 is 7.43. The van der Waals surface area contributed by atoms with Gasteiger partial charge >= 0.3 is 0 Å². The summed E-state index contributed by atoms with van der Waals surface area (Å²) in [6.45, 7) is 3.49. The van der Waals surface area contributed by atoms with E-state index in [1.165, 1.54) is 17.4 Å². The van der Waals surface area contributed by atoms with Crippen LogP contribution >= 0.6 is 23.4 Å². The van der Waals surface area contributed by atoms with Gasteiger partial charge in [0.25, 0.3) is 5.91 Å². The van der Waals surface area contributed by atoms with E-state index < -0.39 is 0 Å². The molecule has 2 aliphatic heterocycles. The Kier molecular flexibility index (Phi) is 5.00. The van der Waals surface area contributed by atoms with Crippen LogP contribution in [0.25, 0.3) is 6.08 Å². The molecule has 2 aromatic carbocycles. The minimum absolute atomic E-state index is 0.144. The van der Waals surface area contributed by atoms with Gasteiger partial charge in [0.1, 0.15) is 0 Å². The second-order valence-electron chi connectivity index (χ2n) is 6.17. The number of hydrogen-bond donors (Lipinski definition) is 0. The van der Waals surface area contributed by atoms with Crippen molar-refractivity contribution in [2.45, 2.75) is 0 Å². The van der Waals surface area contributed by atoms with Crippen molar-refractivity contribution >= 4 is 46.2 Å². The number of thioether (sulfide) groups is 1. The maximum absolute atomic E-state index is 12.2. The average molecular weight is 384 g/mol. The zero-order chi connectivity index (χ0) is 17.9. The Hall–Kier alpha value is -2.24. The van der Waals surface area contributed by atoms with Gasteiger partial charge < -0.3 is 9.80 Å². The molecule has 2 aromatic rings. The Bertz CT molecular complexity index is 856. The van der Waals surface area contributed by atoms with Crippen LogP contribution in [0.4, 0.5) is 5.69 Å². The summed E-state index contributed by atoms with van der Waals surface area (Å²) in [7, 11) is 0. The molecule has 0 bridgehead atoms. The van der Waals surface area contributed by atoms with E-state index in [0.717, 1.165) is 41.9 Å². The van der Waals surface area contributed by atoms with E-state index in [-0.39, 0.29) is 5.91 Å². The largest absolute Gasteiger partial charge is 0.368 e. The van der Waals surface area contributed by atoms with Gasteiger partial charge in [-0.1, -0.05) is 41.9 Å². The molecule has 6 heteroatoms. The molecule has 4 rings (SSSR count). The zero-order valence-corrected chi connectivity index (χ0v) is 15.7. The Morgan fingerprint density at radius 1 is 0.923 bits per heavy atom. The van der Waals surface area contributed by atoms with Crippen LogP contribution in [0.5, 0.6) is 0 Å². The second-order valence-corrected chi connectivity index (χ2v) is 7.62. The lowest BCUT2D eigenvalue weighted by atomic mass is 10.2. The van der Waals surface area contributed by atoms with E-state index in [0.29, 0.717) is 4.91 Å². The van der Waals surface area contributed by atoms with Crippen LogP contribution in [0.2, 0.25) is 5.02 Å². The van der Waals surface area contributed by atoms with E-state index >= 15 is 0 Å². The van der Waals surface area contributed by atoms with Gasteiger partial charge in [0.05, 0.1) is 4.91 Å². The van der Waals surface area contributed by atoms with Gasteiger partial charge in [-0.05, 0) is 47.7 Å². The topological polar surface area (TPSA) is 35.9 Å². The highest BCUT2D eigenvalue weighted by atomic mass is 35.5. The number of anilines is 1. The SMILES string of the molecule is O=C1N=C(N2CCN(c3ccc(Cl)cc3)CC2)S/C1=C/c1ccccc1. The summed E-state index contributed by atoms with van der Waals surface area (Å²) in [5, 5.41) is 1.56. The molecular weight excluding hydrogens is 366 g/mol.